The zero-order valence-corrected chi connectivity index (χ0v) is 18.7. The number of hydrogen-bond acceptors (Lipinski definition) is 0. The standard InChI is InChI=1S/C6H12Cl8P4/c7-17(8,9,10)15-5-3-1-2-4-6(5)16-18(11,12,13)14/h5-6,15-16H,1-4H2. The summed E-state index contributed by atoms with van der Waals surface area (Å²) in [5.74, 6) is 0. The molecular weight excluding hydrogens is 480 g/mol. The Labute approximate surface area is 149 Å². The maximum absolute atomic E-state index is 6.01. The first-order chi connectivity index (χ1) is 7.68. The van der Waals surface area contributed by atoms with Gasteiger partial charge in [0.25, 0.3) is 0 Å². The summed E-state index contributed by atoms with van der Waals surface area (Å²) >= 11 is 48.1. The number of halogens is 8. The molecule has 0 saturated heterocycles. The van der Waals surface area contributed by atoms with Gasteiger partial charge < -0.3 is 0 Å². The summed E-state index contributed by atoms with van der Waals surface area (Å²) in [6.07, 6.45) is 4.11. The summed E-state index contributed by atoms with van der Waals surface area (Å²) in [6, 6.07) is 0. The Morgan fingerprint density at radius 1 is 0.611 bits per heavy atom. The van der Waals surface area contributed by atoms with Crippen molar-refractivity contribution < 1.29 is 0 Å². The van der Waals surface area contributed by atoms with Crippen molar-refractivity contribution in [1.82, 2.24) is 0 Å². The van der Waals surface area contributed by atoms with Gasteiger partial charge in [-0.2, -0.15) is 0 Å². The molecule has 0 aromatic rings. The molecule has 12 heteroatoms. The fourth-order valence-electron chi connectivity index (χ4n) is 1.94. The van der Waals surface area contributed by atoms with Crippen LogP contribution in [0.1, 0.15) is 25.7 Å². The molecule has 1 fully saturated rings. The normalized spacial score (nSPS) is 32.4. The topological polar surface area (TPSA) is 0 Å². The van der Waals surface area contributed by atoms with E-state index in [9.17, 15) is 0 Å². The van der Waals surface area contributed by atoms with E-state index in [1.807, 2.05) is 0 Å². The molecule has 18 heavy (non-hydrogen) atoms. The van der Waals surface area contributed by atoms with Crippen LogP contribution >= 0.6 is 114 Å². The van der Waals surface area contributed by atoms with E-state index in [4.69, 9.17) is 89.9 Å². The van der Waals surface area contributed by atoms with Crippen LogP contribution in [0.2, 0.25) is 0 Å². The fraction of sp³-hybridized carbons (Fsp3) is 1.00. The van der Waals surface area contributed by atoms with E-state index >= 15 is 0 Å². The van der Waals surface area contributed by atoms with Crippen LogP contribution in [0.25, 0.3) is 0 Å². The van der Waals surface area contributed by atoms with Crippen LogP contribution < -0.4 is 0 Å². The van der Waals surface area contributed by atoms with Crippen molar-refractivity contribution in [3.05, 3.63) is 0 Å². The molecule has 0 amide bonds. The first kappa shape index (κ1) is 20.1. The van der Waals surface area contributed by atoms with Crippen molar-refractivity contribution in [1.29, 1.82) is 0 Å². The van der Waals surface area contributed by atoms with Crippen molar-refractivity contribution >= 4 is 114 Å². The average molecular weight is 492 g/mol. The van der Waals surface area contributed by atoms with E-state index in [0.29, 0.717) is 0 Å². The Morgan fingerprint density at radius 3 is 1.11 bits per heavy atom. The molecular formula is C6H12Cl8P4. The summed E-state index contributed by atoms with van der Waals surface area (Å²) < 4.78 is -7.17. The molecule has 1 saturated carbocycles. The summed E-state index contributed by atoms with van der Waals surface area (Å²) in [7, 11) is 0.164. The van der Waals surface area contributed by atoms with Gasteiger partial charge in [0.1, 0.15) is 0 Å². The van der Waals surface area contributed by atoms with Gasteiger partial charge in [-0.3, -0.25) is 0 Å². The molecule has 0 nitrogen and oxygen atoms in total. The number of rotatable bonds is 4. The van der Waals surface area contributed by atoms with Crippen LogP contribution in [0, 0.1) is 0 Å². The van der Waals surface area contributed by atoms with Gasteiger partial charge in [0.15, 0.2) is 0 Å². The van der Waals surface area contributed by atoms with Crippen LogP contribution in [-0.4, -0.2) is 11.3 Å². The zero-order valence-electron chi connectivity index (χ0n) is 8.90. The van der Waals surface area contributed by atoms with Crippen molar-refractivity contribution in [3.8, 4) is 0 Å². The van der Waals surface area contributed by atoms with Gasteiger partial charge in [-0.1, -0.05) is 0 Å². The van der Waals surface area contributed by atoms with Gasteiger partial charge in [-0.05, 0) is 0 Å². The molecule has 4 atom stereocenters. The predicted octanol–water partition coefficient (Wildman–Crippen LogP) is 9.82. The van der Waals surface area contributed by atoms with Crippen molar-refractivity contribution in [2.24, 2.45) is 0 Å². The van der Waals surface area contributed by atoms with Gasteiger partial charge in [-0.15, -0.1) is 0 Å². The van der Waals surface area contributed by atoms with Crippen molar-refractivity contribution in [2.75, 3.05) is 0 Å². The maximum atomic E-state index is 6.01. The van der Waals surface area contributed by atoms with Gasteiger partial charge in [-0.25, -0.2) is 0 Å². The molecule has 112 valence electrons. The fourth-order valence-corrected chi connectivity index (χ4v) is 19.5. The Hall–Kier alpha value is 4.04. The molecule has 0 radical (unpaired) electrons. The second-order valence-electron chi connectivity index (χ2n) is 4.20. The third-order valence-electron chi connectivity index (χ3n) is 2.49. The van der Waals surface area contributed by atoms with Crippen LogP contribution in [0.5, 0.6) is 0 Å². The molecule has 1 aliphatic rings. The van der Waals surface area contributed by atoms with E-state index in [1.165, 1.54) is 0 Å². The van der Waals surface area contributed by atoms with Gasteiger partial charge >= 0.3 is 151 Å². The molecule has 0 heterocycles. The van der Waals surface area contributed by atoms with Gasteiger partial charge in [0.2, 0.25) is 0 Å². The molecule has 0 N–H and O–H groups in total. The third-order valence-corrected chi connectivity index (χ3v) is 17.0. The SMILES string of the molecule is ClP(Cl)(Cl)(Cl)PC1CCCCC1PP(Cl)(Cl)(Cl)Cl. The van der Waals surface area contributed by atoms with E-state index in [-0.39, 0.29) is 27.9 Å². The summed E-state index contributed by atoms with van der Waals surface area (Å²) in [4.78, 5) is 0. The molecule has 0 aromatic heterocycles. The summed E-state index contributed by atoms with van der Waals surface area (Å²) in [5.41, 5.74) is 0.410. The van der Waals surface area contributed by atoms with Crippen molar-refractivity contribution in [3.63, 3.8) is 0 Å². The quantitative estimate of drug-likeness (QED) is 0.343. The minimum absolute atomic E-state index is 0.0818. The zero-order chi connectivity index (χ0) is 14.3. The predicted molar refractivity (Wildman–Crippen MR) is 103 cm³/mol. The average Bonchev–Trinajstić information content (AvgIpc) is 2.00. The summed E-state index contributed by atoms with van der Waals surface area (Å²) in [6.45, 7) is 0. The molecule has 4 unspecified atom stereocenters. The third kappa shape index (κ3) is 9.94. The Kier molecular flexibility index (Phi) is 7.26. The first-order valence-electron chi connectivity index (χ1n) is 5.03. The monoisotopic (exact) mass is 488 g/mol. The van der Waals surface area contributed by atoms with Gasteiger partial charge in [0.05, 0.1) is 0 Å². The van der Waals surface area contributed by atoms with E-state index in [0.717, 1.165) is 25.7 Å². The molecule has 0 aromatic carbocycles. The first-order valence-corrected chi connectivity index (χ1v) is 20.6. The Bertz CT molecular complexity index is 269. The molecule has 0 bridgehead atoms. The molecule has 1 rings (SSSR count). The molecule has 0 aliphatic heterocycles. The Balaban J connectivity index is 2.76. The van der Waals surface area contributed by atoms with E-state index in [2.05, 4.69) is 0 Å². The van der Waals surface area contributed by atoms with Crippen LogP contribution in [-0.2, 0) is 0 Å². The van der Waals surface area contributed by atoms with Crippen LogP contribution in [0.3, 0.4) is 0 Å². The van der Waals surface area contributed by atoms with Crippen molar-refractivity contribution in [2.45, 2.75) is 37.0 Å². The second kappa shape index (κ2) is 6.51. The van der Waals surface area contributed by atoms with Gasteiger partial charge in [0, 0.05) is 0 Å². The minimum atomic E-state index is -3.59. The van der Waals surface area contributed by atoms with E-state index < -0.39 is 7.41 Å². The van der Waals surface area contributed by atoms with Crippen LogP contribution in [0.4, 0.5) is 0 Å². The molecule has 0 spiro atoms. The summed E-state index contributed by atoms with van der Waals surface area (Å²) in [5, 5.41) is 0. The Morgan fingerprint density at radius 2 is 0.889 bits per heavy atom. The van der Waals surface area contributed by atoms with Crippen LogP contribution in [0.15, 0.2) is 0 Å². The van der Waals surface area contributed by atoms with E-state index in [1.54, 1.807) is 0 Å². The number of hydrogen-bond donors (Lipinski definition) is 0. The second-order valence-corrected chi connectivity index (χ2v) is 45.3. The molecule has 1 aliphatic carbocycles.